The van der Waals surface area contributed by atoms with Crippen LogP contribution < -0.4 is 9.80 Å². The van der Waals surface area contributed by atoms with Crippen molar-refractivity contribution in [3.63, 3.8) is 0 Å². The maximum Gasteiger partial charge on any atom is 0.241 e. The number of hydrogen-bond acceptors (Lipinski definition) is 4. The van der Waals surface area contributed by atoms with Crippen molar-refractivity contribution in [2.45, 2.75) is 74.6 Å². The van der Waals surface area contributed by atoms with Gasteiger partial charge in [0.05, 0.1) is 10.5 Å². The first-order valence-electron chi connectivity index (χ1n) is 15.4. The molecule has 0 aliphatic carbocycles. The molecule has 0 spiro atoms. The Morgan fingerprint density at radius 2 is 0.864 bits per heavy atom. The predicted octanol–water partition coefficient (Wildman–Crippen LogP) is 8.77. The second-order valence-corrected chi connectivity index (χ2v) is 15.9. The summed E-state index contributed by atoms with van der Waals surface area (Å²) in [5.74, 6) is 0.305. The summed E-state index contributed by atoms with van der Waals surface area (Å²) in [6.07, 6.45) is 1.86. The minimum Gasteiger partial charge on any atom is -0.292 e. The highest BCUT2D eigenvalue weighted by Crippen LogP contribution is 2.51. The van der Waals surface area contributed by atoms with E-state index >= 15 is 0 Å². The van der Waals surface area contributed by atoms with Crippen molar-refractivity contribution >= 4 is 46.7 Å². The summed E-state index contributed by atoms with van der Waals surface area (Å²) < 4.78 is 0. The highest BCUT2D eigenvalue weighted by Gasteiger charge is 2.49. The standard InChI is InChI=1S/C38H40N2O2S2/c1-25-7-21-33(22-8-25)39-35(41)27(3)43-37(39,5)31-17-13-29(14-18-31)11-12-30-15-19-32(20-16-30)38(6)40(36(42)28(4)44-38)34-23-9-26(2)10-24-34/h7-10,13-24,27-28H,11-12H2,1-6H3/t27-,28-,37-,38-/m0/s1. The van der Waals surface area contributed by atoms with E-state index in [9.17, 15) is 9.59 Å². The molecule has 4 aromatic rings. The van der Waals surface area contributed by atoms with Crippen LogP contribution in [0.15, 0.2) is 97.1 Å². The molecule has 226 valence electrons. The first kappa shape index (κ1) is 30.5. The van der Waals surface area contributed by atoms with Gasteiger partial charge in [0, 0.05) is 11.4 Å². The van der Waals surface area contributed by atoms with E-state index in [-0.39, 0.29) is 22.3 Å². The van der Waals surface area contributed by atoms with Gasteiger partial charge in [-0.2, -0.15) is 0 Å². The fraction of sp³-hybridized carbons (Fsp3) is 0.316. The molecule has 4 atom stereocenters. The zero-order valence-electron chi connectivity index (χ0n) is 26.3. The zero-order chi connectivity index (χ0) is 31.2. The van der Waals surface area contributed by atoms with Gasteiger partial charge in [-0.3, -0.25) is 19.4 Å². The number of thioether (sulfide) groups is 2. The molecule has 2 fully saturated rings. The second-order valence-electron chi connectivity index (χ2n) is 12.4. The number of aryl methyl sites for hydroxylation is 4. The van der Waals surface area contributed by atoms with Gasteiger partial charge in [0.15, 0.2) is 0 Å². The molecule has 2 aliphatic heterocycles. The first-order valence-corrected chi connectivity index (χ1v) is 17.1. The lowest BCUT2D eigenvalue weighted by atomic mass is 9.98. The third-order valence-electron chi connectivity index (χ3n) is 9.07. The van der Waals surface area contributed by atoms with Gasteiger partial charge in [-0.1, -0.05) is 83.9 Å². The second kappa shape index (κ2) is 11.8. The van der Waals surface area contributed by atoms with E-state index in [2.05, 4.69) is 100 Å². The van der Waals surface area contributed by atoms with Crippen molar-refractivity contribution in [1.82, 2.24) is 0 Å². The molecule has 0 radical (unpaired) electrons. The van der Waals surface area contributed by atoms with E-state index in [0.717, 1.165) is 35.3 Å². The van der Waals surface area contributed by atoms with Crippen LogP contribution in [0.1, 0.15) is 61.1 Å². The molecule has 0 saturated carbocycles. The summed E-state index contributed by atoms with van der Waals surface area (Å²) in [6.45, 7) is 12.5. The molecule has 6 rings (SSSR count). The number of benzene rings is 4. The molecule has 4 aromatic carbocycles. The lowest BCUT2D eigenvalue weighted by Crippen LogP contribution is -2.40. The maximum atomic E-state index is 13.3. The quantitative estimate of drug-likeness (QED) is 0.207. The predicted molar refractivity (Wildman–Crippen MR) is 186 cm³/mol. The molecule has 2 aliphatic rings. The largest absolute Gasteiger partial charge is 0.292 e. The molecule has 2 amide bonds. The number of carbonyl (C=O) groups is 2. The van der Waals surface area contributed by atoms with Crippen LogP contribution in [0.25, 0.3) is 0 Å². The van der Waals surface area contributed by atoms with Gasteiger partial charge in [0.2, 0.25) is 11.8 Å². The van der Waals surface area contributed by atoms with Gasteiger partial charge in [0.1, 0.15) is 9.74 Å². The van der Waals surface area contributed by atoms with Crippen LogP contribution in [0.3, 0.4) is 0 Å². The summed E-state index contributed by atoms with van der Waals surface area (Å²) in [4.78, 5) is 29.5. The summed E-state index contributed by atoms with van der Waals surface area (Å²) in [7, 11) is 0. The van der Waals surface area contributed by atoms with Crippen LogP contribution in [0.5, 0.6) is 0 Å². The Balaban J connectivity index is 1.16. The van der Waals surface area contributed by atoms with E-state index in [4.69, 9.17) is 0 Å². The summed E-state index contributed by atoms with van der Waals surface area (Å²) in [5.41, 5.74) is 9.07. The molecule has 4 nitrogen and oxygen atoms in total. The Morgan fingerprint density at radius 3 is 1.18 bits per heavy atom. The van der Waals surface area contributed by atoms with E-state index in [0.29, 0.717) is 0 Å². The highest BCUT2D eigenvalue weighted by molar-refractivity contribution is 8.02. The summed E-state index contributed by atoms with van der Waals surface area (Å²) in [5, 5.41) is -0.196. The molecule has 6 heteroatoms. The van der Waals surface area contributed by atoms with Crippen molar-refractivity contribution < 1.29 is 9.59 Å². The SMILES string of the molecule is Cc1ccc(N2C(=O)[C@H](C)S[C@@]2(C)c2ccc(CCc3ccc([C@]4(C)S[C@@H](C)C(=O)N4c4ccc(C)cc4)cc3)cc2)cc1. The Morgan fingerprint density at radius 1 is 0.545 bits per heavy atom. The zero-order valence-corrected chi connectivity index (χ0v) is 28.0. The van der Waals surface area contributed by atoms with Crippen LogP contribution in [0.2, 0.25) is 0 Å². The average Bonchev–Trinajstić information content (AvgIpc) is 3.40. The average molecular weight is 621 g/mol. The molecule has 0 aromatic heterocycles. The smallest absolute Gasteiger partial charge is 0.241 e. The molecule has 0 bridgehead atoms. The molecule has 0 unspecified atom stereocenters. The van der Waals surface area contributed by atoms with Gasteiger partial charge < -0.3 is 0 Å². The van der Waals surface area contributed by atoms with Gasteiger partial charge >= 0.3 is 0 Å². The van der Waals surface area contributed by atoms with Crippen molar-refractivity contribution in [2.24, 2.45) is 0 Å². The summed E-state index contributed by atoms with van der Waals surface area (Å²) in [6, 6.07) is 34.1. The molecule has 2 saturated heterocycles. The van der Waals surface area contributed by atoms with E-state index < -0.39 is 9.74 Å². The minimum atomic E-state index is -0.459. The summed E-state index contributed by atoms with van der Waals surface area (Å²) >= 11 is 3.43. The minimum absolute atomic E-state index is 0.0980. The van der Waals surface area contributed by atoms with Crippen molar-refractivity contribution in [3.05, 3.63) is 130 Å². The Hall–Kier alpha value is -3.48. The fourth-order valence-electron chi connectivity index (χ4n) is 6.46. The monoisotopic (exact) mass is 620 g/mol. The molecule has 44 heavy (non-hydrogen) atoms. The molecular weight excluding hydrogens is 581 g/mol. The lowest BCUT2D eigenvalue weighted by molar-refractivity contribution is -0.118. The van der Waals surface area contributed by atoms with Crippen LogP contribution in [-0.4, -0.2) is 22.3 Å². The normalized spacial score (nSPS) is 25.2. The van der Waals surface area contributed by atoms with Crippen LogP contribution >= 0.6 is 23.5 Å². The highest BCUT2D eigenvalue weighted by atomic mass is 32.2. The van der Waals surface area contributed by atoms with E-state index in [1.165, 1.54) is 22.3 Å². The Bertz CT molecular complexity index is 1540. The topological polar surface area (TPSA) is 40.6 Å². The van der Waals surface area contributed by atoms with Gasteiger partial charge in [-0.05, 0) is 101 Å². The van der Waals surface area contributed by atoms with Crippen LogP contribution in [0, 0.1) is 13.8 Å². The van der Waals surface area contributed by atoms with E-state index in [1.807, 2.05) is 47.9 Å². The van der Waals surface area contributed by atoms with Gasteiger partial charge in [-0.25, -0.2) is 0 Å². The molecular formula is C38H40N2O2S2. The van der Waals surface area contributed by atoms with Crippen molar-refractivity contribution in [3.8, 4) is 0 Å². The number of hydrogen-bond donors (Lipinski definition) is 0. The number of rotatable bonds is 7. The van der Waals surface area contributed by atoms with Crippen LogP contribution in [0.4, 0.5) is 11.4 Å². The molecule has 0 N–H and O–H groups in total. The lowest BCUT2D eigenvalue weighted by Gasteiger charge is -2.35. The van der Waals surface area contributed by atoms with Crippen molar-refractivity contribution in [1.29, 1.82) is 0 Å². The molecule has 2 heterocycles. The maximum absolute atomic E-state index is 13.3. The van der Waals surface area contributed by atoms with Crippen molar-refractivity contribution in [2.75, 3.05) is 9.80 Å². The fourth-order valence-corrected chi connectivity index (χ4v) is 9.39. The Kier molecular flexibility index (Phi) is 8.18. The third-order valence-corrected chi connectivity index (χ3v) is 11.9. The van der Waals surface area contributed by atoms with Gasteiger partial charge in [0.25, 0.3) is 0 Å². The van der Waals surface area contributed by atoms with Crippen LogP contribution in [-0.2, 0) is 32.2 Å². The Labute approximate surface area is 270 Å². The number of amides is 2. The van der Waals surface area contributed by atoms with Gasteiger partial charge in [-0.15, -0.1) is 23.5 Å². The van der Waals surface area contributed by atoms with E-state index in [1.54, 1.807) is 23.5 Å². The number of anilines is 2. The number of nitrogens with zero attached hydrogens (tertiary/aromatic N) is 2. The number of carbonyl (C=O) groups excluding carboxylic acids is 2. The third kappa shape index (κ3) is 5.48. The first-order chi connectivity index (χ1) is 21.0.